The number of nitrogens with one attached hydrogen (secondary N) is 1. The molecule has 1 aromatic carbocycles. The van der Waals surface area contributed by atoms with Gasteiger partial charge in [-0.15, -0.1) is 0 Å². The van der Waals surface area contributed by atoms with E-state index in [2.05, 4.69) is 35.5 Å². The number of nitrogens with zero attached hydrogens (tertiary/aromatic N) is 1. The van der Waals surface area contributed by atoms with Gasteiger partial charge in [0.15, 0.2) is 0 Å². The Kier molecular flexibility index (Phi) is 5.41. The number of rotatable bonds is 7. The second-order valence-corrected chi connectivity index (χ2v) is 5.51. The van der Waals surface area contributed by atoms with Crippen LogP contribution in [0, 0.1) is 0 Å². The lowest BCUT2D eigenvalue weighted by atomic mass is 10.1. The molecule has 0 fully saturated rings. The molecule has 3 N–H and O–H groups in total. The van der Waals surface area contributed by atoms with Crippen LogP contribution in [0.15, 0.2) is 18.2 Å². The van der Waals surface area contributed by atoms with E-state index in [0.29, 0.717) is 19.5 Å². The minimum absolute atomic E-state index is 0.139. The highest BCUT2D eigenvalue weighted by molar-refractivity contribution is 5.75. The average Bonchev–Trinajstić information content (AvgIpc) is 2.82. The number of fused-ring (bicyclic) bond motifs is 1. The van der Waals surface area contributed by atoms with Gasteiger partial charge in [-0.05, 0) is 43.0 Å². The number of likely N-dealkylation sites (N-methyl/N-ethyl adjacent to an activating group) is 1. The molecule has 0 bridgehead atoms. The van der Waals surface area contributed by atoms with Crippen molar-refractivity contribution in [3.63, 3.8) is 0 Å². The molecule has 0 saturated carbocycles. The molecule has 20 heavy (non-hydrogen) atoms. The zero-order chi connectivity index (χ0) is 14.4. The molecule has 0 unspecified atom stereocenters. The summed E-state index contributed by atoms with van der Waals surface area (Å²) in [6, 6.07) is 6.48. The van der Waals surface area contributed by atoms with Crippen molar-refractivity contribution in [1.82, 2.24) is 5.32 Å². The summed E-state index contributed by atoms with van der Waals surface area (Å²) in [5.74, 6) is 0.139. The second kappa shape index (κ2) is 7.29. The normalized spacial score (nSPS) is 13.4. The number of amides is 1. The van der Waals surface area contributed by atoms with E-state index in [9.17, 15) is 4.79 Å². The lowest BCUT2D eigenvalue weighted by molar-refractivity contribution is -0.121. The third kappa shape index (κ3) is 3.97. The smallest absolute Gasteiger partial charge is 0.220 e. The number of carbonyl (C=O) groups is 1. The lowest BCUT2D eigenvalue weighted by Crippen LogP contribution is -2.22. The number of benzene rings is 1. The van der Waals surface area contributed by atoms with Gasteiger partial charge in [-0.25, -0.2) is 0 Å². The Labute approximate surface area is 121 Å². The van der Waals surface area contributed by atoms with Gasteiger partial charge in [-0.2, -0.15) is 0 Å². The maximum atomic E-state index is 11.7. The van der Waals surface area contributed by atoms with Crippen LogP contribution in [0.4, 0.5) is 5.69 Å². The average molecular weight is 275 g/mol. The molecule has 1 aliphatic rings. The Morgan fingerprint density at radius 1 is 1.35 bits per heavy atom. The minimum Gasteiger partial charge on any atom is -0.374 e. The topological polar surface area (TPSA) is 58.4 Å². The number of hydrogen-bond donors (Lipinski definition) is 2. The molecule has 4 nitrogen and oxygen atoms in total. The van der Waals surface area contributed by atoms with E-state index in [4.69, 9.17) is 5.73 Å². The molecule has 1 amide bonds. The van der Waals surface area contributed by atoms with E-state index in [1.807, 2.05) is 0 Å². The van der Waals surface area contributed by atoms with E-state index in [-0.39, 0.29) is 5.91 Å². The summed E-state index contributed by atoms with van der Waals surface area (Å²) in [5, 5.41) is 2.99. The van der Waals surface area contributed by atoms with Crippen molar-refractivity contribution in [2.75, 3.05) is 25.0 Å². The number of anilines is 1. The molecule has 0 aliphatic carbocycles. The fraction of sp³-hybridized carbons (Fsp3) is 0.562. The van der Waals surface area contributed by atoms with Crippen molar-refractivity contribution in [3.05, 3.63) is 29.3 Å². The van der Waals surface area contributed by atoms with Gasteiger partial charge in [-0.3, -0.25) is 4.79 Å². The third-order valence-electron chi connectivity index (χ3n) is 3.87. The molecule has 2 rings (SSSR count). The van der Waals surface area contributed by atoms with Crippen molar-refractivity contribution in [2.45, 2.75) is 38.6 Å². The first-order valence-corrected chi connectivity index (χ1v) is 7.50. The number of carbonyl (C=O) groups excluding carboxylic acids is 1. The second-order valence-electron chi connectivity index (χ2n) is 5.51. The maximum absolute atomic E-state index is 11.7. The van der Waals surface area contributed by atoms with Crippen molar-refractivity contribution in [3.8, 4) is 0 Å². The van der Waals surface area contributed by atoms with E-state index in [0.717, 1.165) is 32.2 Å². The molecule has 1 aliphatic heterocycles. The summed E-state index contributed by atoms with van der Waals surface area (Å²) < 4.78 is 0. The van der Waals surface area contributed by atoms with Gasteiger partial charge in [0, 0.05) is 32.2 Å². The fourth-order valence-corrected chi connectivity index (χ4v) is 2.63. The quantitative estimate of drug-likeness (QED) is 0.746. The van der Waals surface area contributed by atoms with Crippen LogP contribution in [0.25, 0.3) is 0 Å². The van der Waals surface area contributed by atoms with Crippen molar-refractivity contribution < 1.29 is 4.79 Å². The number of unbranched alkanes of at least 4 members (excludes halogenated alkanes) is 2. The fourth-order valence-electron chi connectivity index (χ4n) is 2.63. The van der Waals surface area contributed by atoms with Crippen molar-refractivity contribution >= 4 is 11.6 Å². The summed E-state index contributed by atoms with van der Waals surface area (Å²) in [6.45, 7) is 2.43. The molecular formula is C16H25N3O. The van der Waals surface area contributed by atoms with Gasteiger partial charge < -0.3 is 16.0 Å². The first-order chi connectivity index (χ1) is 9.70. The molecule has 1 aromatic rings. The molecule has 0 spiro atoms. The maximum Gasteiger partial charge on any atom is 0.220 e. The largest absolute Gasteiger partial charge is 0.374 e. The molecule has 1 heterocycles. The Bertz CT molecular complexity index is 459. The van der Waals surface area contributed by atoms with Crippen LogP contribution in [0.5, 0.6) is 0 Å². The zero-order valence-corrected chi connectivity index (χ0v) is 12.3. The Morgan fingerprint density at radius 2 is 2.20 bits per heavy atom. The Morgan fingerprint density at radius 3 is 3.00 bits per heavy atom. The molecule has 0 radical (unpaired) electrons. The van der Waals surface area contributed by atoms with E-state index in [1.54, 1.807) is 0 Å². The van der Waals surface area contributed by atoms with Crippen LogP contribution >= 0.6 is 0 Å². The number of nitrogens with two attached hydrogens (primary N) is 1. The summed E-state index contributed by atoms with van der Waals surface area (Å²) in [6.07, 6.45) is 4.68. The van der Waals surface area contributed by atoms with Crippen molar-refractivity contribution in [1.29, 1.82) is 0 Å². The highest BCUT2D eigenvalue weighted by Crippen LogP contribution is 2.27. The lowest BCUT2D eigenvalue weighted by Gasteiger charge is -2.12. The van der Waals surface area contributed by atoms with Gasteiger partial charge in [0.1, 0.15) is 0 Å². The van der Waals surface area contributed by atoms with E-state index < -0.39 is 0 Å². The minimum atomic E-state index is 0.139. The molecule has 0 aromatic heterocycles. The van der Waals surface area contributed by atoms with Crippen LogP contribution < -0.4 is 16.0 Å². The standard InChI is InChI=1S/C16H25N3O/c1-19-10-8-14-11-13(6-7-15(14)19)12-18-16(20)5-3-2-4-9-17/h6-7,11H,2-5,8-10,12,17H2,1H3,(H,18,20). The van der Waals surface area contributed by atoms with Gasteiger partial charge in [0.25, 0.3) is 0 Å². The Hall–Kier alpha value is -1.55. The van der Waals surface area contributed by atoms with Crippen LogP contribution in [-0.2, 0) is 17.8 Å². The van der Waals surface area contributed by atoms with Crippen LogP contribution in [-0.4, -0.2) is 26.0 Å². The van der Waals surface area contributed by atoms with Crippen LogP contribution in [0.3, 0.4) is 0 Å². The SMILES string of the molecule is CN1CCc2cc(CNC(=O)CCCCCN)ccc21. The highest BCUT2D eigenvalue weighted by atomic mass is 16.1. The Balaban J connectivity index is 1.75. The van der Waals surface area contributed by atoms with Crippen molar-refractivity contribution in [2.24, 2.45) is 5.73 Å². The van der Waals surface area contributed by atoms with Gasteiger partial charge in [0.2, 0.25) is 5.91 Å². The first kappa shape index (κ1) is 14.9. The summed E-state index contributed by atoms with van der Waals surface area (Å²) in [7, 11) is 2.12. The molecule has 4 heteroatoms. The van der Waals surface area contributed by atoms with Gasteiger partial charge in [0.05, 0.1) is 0 Å². The first-order valence-electron chi connectivity index (χ1n) is 7.50. The van der Waals surface area contributed by atoms with Gasteiger partial charge in [-0.1, -0.05) is 18.6 Å². The van der Waals surface area contributed by atoms with E-state index in [1.165, 1.54) is 16.8 Å². The molecule has 0 atom stereocenters. The van der Waals surface area contributed by atoms with Crippen LogP contribution in [0.2, 0.25) is 0 Å². The summed E-state index contributed by atoms with van der Waals surface area (Å²) in [4.78, 5) is 14.0. The highest BCUT2D eigenvalue weighted by Gasteiger charge is 2.15. The third-order valence-corrected chi connectivity index (χ3v) is 3.87. The summed E-state index contributed by atoms with van der Waals surface area (Å²) >= 11 is 0. The predicted molar refractivity (Wildman–Crippen MR) is 82.8 cm³/mol. The van der Waals surface area contributed by atoms with Gasteiger partial charge >= 0.3 is 0 Å². The zero-order valence-electron chi connectivity index (χ0n) is 12.3. The molecule has 110 valence electrons. The predicted octanol–water partition coefficient (Wildman–Crippen LogP) is 1.81. The number of hydrogen-bond acceptors (Lipinski definition) is 3. The monoisotopic (exact) mass is 275 g/mol. The van der Waals surface area contributed by atoms with E-state index >= 15 is 0 Å². The molecular weight excluding hydrogens is 250 g/mol. The molecule has 0 saturated heterocycles. The summed E-state index contributed by atoms with van der Waals surface area (Å²) in [5.41, 5.74) is 9.33. The van der Waals surface area contributed by atoms with Crippen LogP contribution in [0.1, 0.15) is 36.8 Å².